The summed E-state index contributed by atoms with van der Waals surface area (Å²) in [5, 5.41) is 13.1. The van der Waals surface area contributed by atoms with Crippen LogP contribution in [0.4, 0.5) is 0 Å². The largest absolute Gasteiger partial charge is 0.389 e. The van der Waals surface area contributed by atoms with Crippen LogP contribution >= 0.6 is 0 Å². The number of nitrogens with one attached hydrogen (secondary N) is 1. The van der Waals surface area contributed by atoms with Gasteiger partial charge in [0.25, 0.3) is 0 Å². The summed E-state index contributed by atoms with van der Waals surface area (Å²) in [6, 6.07) is 0.506. The Balaban J connectivity index is 3.60. The predicted molar refractivity (Wildman–Crippen MR) is 70.3 cm³/mol. The van der Waals surface area contributed by atoms with Crippen molar-refractivity contribution in [2.24, 2.45) is 0 Å². The quantitative estimate of drug-likeness (QED) is 0.582. The molecule has 0 aromatic rings. The Bertz CT molecular complexity index is 167. The first-order valence-corrected chi connectivity index (χ1v) is 6.65. The van der Waals surface area contributed by atoms with Crippen LogP contribution in [0.5, 0.6) is 0 Å². The second-order valence-electron chi connectivity index (χ2n) is 4.56. The third-order valence-electron chi connectivity index (χ3n) is 2.75. The summed E-state index contributed by atoms with van der Waals surface area (Å²) >= 11 is 0. The standard InChI is InChI=1S/C13H29NO3/c1-5-7-12(6-2)14-8-13(15)10-17-11(3)9-16-4/h11-15H,5-10H2,1-4H3. The highest BCUT2D eigenvalue weighted by molar-refractivity contribution is 4.67. The van der Waals surface area contributed by atoms with E-state index < -0.39 is 6.10 Å². The second kappa shape index (κ2) is 11.0. The summed E-state index contributed by atoms with van der Waals surface area (Å²) in [4.78, 5) is 0. The monoisotopic (exact) mass is 247 g/mol. The fourth-order valence-electron chi connectivity index (χ4n) is 1.72. The van der Waals surface area contributed by atoms with Crippen LogP contribution in [0, 0.1) is 0 Å². The van der Waals surface area contributed by atoms with Gasteiger partial charge in [-0.05, 0) is 19.8 Å². The number of rotatable bonds is 11. The number of hydrogen-bond acceptors (Lipinski definition) is 4. The van der Waals surface area contributed by atoms with E-state index in [0.29, 0.717) is 25.8 Å². The molecule has 0 rings (SSSR count). The van der Waals surface area contributed by atoms with Gasteiger partial charge in [0.15, 0.2) is 0 Å². The smallest absolute Gasteiger partial charge is 0.0897 e. The Morgan fingerprint density at radius 1 is 1.24 bits per heavy atom. The number of aliphatic hydroxyl groups is 1. The molecule has 0 saturated carbocycles. The van der Waals surface area contributed by atoms with Gasteiger partial charge < -0.3 is 19.9 Å². The summed E-state index contributed by atoms with van der Waals surface area (Å²) in [7, 11) is 1.65. The first-order chi connectivity index (χ1) is 8.13. The van der Waals surface area contributed by atoms with E-state index in [1.165, 1.54) is 6.42 Å². The lowest BCUT2D eigenvalue weighted by Gasteiger charge is -2.20. The molecule has 0 spiro atoms. The van der Waals surface area contributed by atoms with Crippen LogP contribution in [0.1, 0.15) is 40.0 Å². The molecule has 4 heteroatoms. The van der Waals surface area contributed by atoms with Crippen LogP contribution in [0.2, 0.25) is 0 Å². The first-order valence-electron chi connectivity index (χ1n) is 6.65. The zero-order chi connectivity index (χ0) is 13.1. The molecule has 0 heterocycles. The Hall–Kier alpha value is -0.160. The van der Waals surface area contributed by atoms with Crippen molar-refractivity contribution < 1.29 is 14.6 Å². The topological polar surface area (TPSA) is 50.7 Å². The molecule has 0 fully saturated rings. The van der Waals surface area contributed by atoms with Crippen molar-refractivity contribution in [3.05, 3.63) is 0 Å². The maximum absolute atomic E-state index is 9.75. The van der Waals surface area contributed by atoms with Gasteiger partial charge >= 0.3 is 0 Å². The molecule has 0 aliphatic carbocycles. The van der Waals surface area contributed by atoms with E-state index >= 15 is 0 Å². The molecule has 0 aromatic carbocycles. The summed E-state index contributed by atoms with van der Waals surface area (Å²) in [5.74, 6) is 0. The molecule has 17 heavy (non-hydrogen) atoms. The van der Waals surface area contributed by atoms with Gasteiger partial charge in [0.1, 0.15) is 0 Å². The Morgan fingerprint density at radius 2 is 1.94 bits per heavy atom. The van der Waals surface area contributed by atoms with E-state index in [0.717, 1.165) is 12.8 Å². The maximum atomic E-state index is 9.75. The third-order valence-corrected chi connectivity index (χ3v) is 2.75. The van der Waals surface area contributed by atoms with Crippen LogP contribution < -0.4 is 5.32 Å². The Labute approximate surface area is 106 Å². The van der Waals surface area contributed by atoms with Gasteiger partial charge in [-0.2, -0.15) is 0 Å². The molecule has 0 radical (unpaired) electrons. The van der Waals surface area contributed by atoms with E-state index in [1.54, 1.807) is 7.11 Å². The van der Waals surface area contributed by atoms with Crippen molar-refractivity contribution in [3.63, 3.8) is 0 Å². The molecule has 0 aliphatic rings. The van der Waals surface area contributed by atoms with Crippen molar-refractivity contribution in [2.45, 2.75) is 58.3 Å². The van der Waals surface area contributed by atoms with Crippen molar-refractivity contribution in [1.29, 1.82) is 0 Å². The highest BCUT2D eigenvalue weighted by Crippen LogP contribution is 2.01. The number of aliphatic hydroxyl groups excluding tert-OH is 1. The van der Waals surface area contributed by atoms with Gasteiger partial charge in [-0.3, -0.25) is 0 Å². The molecule has 3 atom stereocenters. The minimum Gasteiger partial charge on any atom is -0.389 e. The molecular formula is C13H29NO3. The van der Waals surface area contributed by atoms with Crippen LogP contribution in [0.25, 0.3) is 0 Å². The normalized spacial score (nSPS) is 16.8. The molecule has 3 unspecified atom stereocenters. The van der Waals surface area contributed by atoms with E-state index in [2.05, 4.69) is 19.2 Å². The van der Waals surface area contributed by atoms with Crippen molar-refractivity contribution in [3.8, 4) is 0 Å². The van der Waals surface area contributed by atoms with E-state index in [4.69, 9.17) is 9.47 Å². The van der Waals surface area contributed by atoms with Gasteiger partial charge in [-0.25, -0.2) is 0 Å². The van der Waals surface area contributed by atoms with E-state index in [-0.39, 0.29) is 6.10 Å². The highest BCUT2D eigenvalue weighted by atomic mass is 16.5. The van der Waals surface area contributed by atoms with Gasteiger partial charge in [-0.15, -0.1) is 0 Å². The lowest BCUT2D eigenvalue weighted by atomic mass is 10.1. The van der Waals surface area contributed by atoms with Gasteiger partial charge in [0.2, 0.25) is 0 Å². The molecule has 4 nitrogen and oxygen atoms in total. The average Bonchev–Trinajstić information content (AvgIpc) is 2.32. The molecule has 0 saturated heterocycles. The van der Waals surface area contributed by atoms with Gasteiger partial charge in [-0.1, -0.05) is 20.3 Å². The number of ether oxygens (including phenoxy) is 2. The van der Waals surface area contributed by atoms with Crippen molar-refractivity contribution in [1.82, 2.24) is 5.32 Å². The number of methoxy groups -OCH3 is 1. The van der Waals surface area contributed by atoms with Crippen molar-refractivity contribution >= 4 is 0 Å². The fourth-order valence-corrected chi connectivity index (χ4v) is 1.72. The molecule has 2 N–H and O–H groups in total. The zero-order valence-electron chi connectivity index (χ0n) is 11.7. The maximum Gasteiger partial charge on any atom is 0.0897 e. The lowest BCUT2D eigenvalue weighted by molar-refractivity contribution is -0.0316. The van der Waals surface area contributed by atoms with E-state index in [9.17, 15) is 5.11 Å². The first kappa shape index (κ1) is 16.8. The minimum absolute atomic E-state index is 0.0345. The van der Waals surface area contributed by atoms with E-state index in [1.807, 2.05) is 6.92 Å². The SMILES string of the molecule is CCCC(CC)NCC(O)COC(C)COC. The van der Waals surface area contributed by atoms with Crippen molar-refractivity contribution in [2.75, 3.05) is 26.9 Å². The summed E-state index contributed by atoms with van der Waals surface area (Å²) in [6.07, 6.45) is 3.02. The van der Waals surface area contributed by atoms with Crippen LogP contribution in [-0.2, 0) is 9.47 Å². The molecule has 0 amide bonds. The molecule has 0 aromatic heterocycles. The second-order valence-corrected chi connectivity index (χ2v) is 4.56. The highest BCUT2D eigenvalue weighted by Gasteiger charge is 2.10. The molecule has 0 aliphatic heterocycles. The number of hydrogen-bond donors (Lipinski definition) is 2. The summed E-state index contributed by atoms with van der Waals surface area (Å²) in [6.45, 7) is 7.80. The fraction of sp³-hybridized carbons (Fsp3) is 1.00. The van der Waals surface area contributed by atoms with Crippen LogP contribution in [0.15, 0.2) is 0 Å². The molecular weight excluding hydrogens is 218 g/mol. The summed E-state index contributed by atoms with van der Waals surface area (Å²) in [5.41, 5.74) is 0. The summed E-state index contributed by atoms with van der Waals surface area (Å²) < 4.78 is 10.4. The predicted octanol–water partition coefficient (Wildman–Crippen LogP) is 1.57. The molecule has 0 bridgehead atoms. The lowest BCUT2D eigenvalue weighted by Crippen LogP contribution is -2.37. The van der Waals surface area contributed by atoms with Crippen LogP contribution in [-0.4, -0.2) is 50.2 Å². The minimum atomic E-state index is -0.444. The third kappa shape index (κ3) is 9.53. The average molecular weight is 247 g/mol. The Morgan fingerprint density at radius 3 is 2.47 bits per heavy atom. The van der Waals surface area contributed by atoms with Gasteiger partial charge in [0, 0.05) is 19.7 Å². The van der Waals surface area contributed by atoms with Gasteiger partial charge in [0.05, 0.1) is 25.4 Å². The molecule has 104 valence electrons. The van der Waals surface area contributed by atoms with Crippen LogP contribution in [0.3, 0.4) is 0 Å². The Kier molecular flexibility index (Phi) is 10.9. The zero-order valence-corrected chi connectivity index (χ0v) is 11.7.